The summed E-state index contributed by atoms with van der Waals surface area (Å²) in [4.78, 5) is 17.0. The van der Waals surface area contributed by atoms with Crippen molar-refractivity contribution in [2.75, 3.05) is 7.11 Å². The Kier molecular flexibility index (Phi) is 5.84. The monoisotopic (exact) mass is 414 g/mol. The van der Waals surface area contributed by atoms with Gasteiger partial charge in [-0.25, -0.2) is 4.79 Å². The lowest BCUT2D eigenvalue weighted by atomic mass is 10.2. The maximum absolute atomic E-state index is 12.1. The zero-order valence-electron chi connectivity index (χ0n) is 13.3. The van der Waals surface area contributed by atoms with Crippen LogP contribution in [0.5, 0.6) is 5.75 Å². The van der Waals surface area contributed by atoms with Crippen LogP contribution in [0.4, 0.5) is 0 Å². The lowest BCUT2D eigenvalue weighted by Gasteiger charge is -2.10. The van der Waals surface area contributed by atoms with Crippen LogP contribution >= 0.6 is 27.5 Å². The van der Waals surface area contributed by atoms with E-state index in [1.165, 1.54) is 11.8 Å². The highest BCUT2D eigenvalue weighted by molar-refractivity contribution is 9.10. The van der Waals surface area contributed by atoms with Crippen LogP contribution in [-0.4, -0.2) is 28.7 Å². The number of nitrogens with zero attached hydrogens (tertiary/aromatic N) is 3. The van der Waals surface area contributed by atoms with Crippen LogP contribution in [0.1, 0.15) is 24.2 Å². The van der Waals surface area contributed by atoms with Crippen LogP contribution < -0.4 is 10.5 Å². The number of oxime groups is 1. The third-order valence-corrected chi connectivity index (χ3v) is 4.28. The fraction of sp³-hybridized carbons (Fsp3) is 0.267. The van der Waals surface area contributed by atoms with E-state index in [0.29, 0.717) is 16.3 Å². The van der Waals surface area contributed by atoms with Crippen molar-refractivity contribution in [3.8, 4) is 5.75 Å². The van der Waals surface area contributed by atoms with E-state index in [0.717, 1.165) is 10.2 Å². The molecule has 1 unspecified atom stereocenters. The van der Waals surface area contributed by atoms with Crippen LogP contribution in [-0.2, 0) is 9.63 Å². The molecule has 24 heavy (non-hydrogen) atoms. The highest BCUT2D eigenvalue weighted by atomic mass is 79.9. The minimum Gasteiger partial charge on any atom is -0.496 e. The molecule has 0 fully saturated rings. The smallest absolute Gasteiger partial charge is 0.359 e. The summed E-state index contributed by atoms with van der Waals surface area (Å²) in [6.45, 7) is 3.47. The zero-order valence-corrected chi connectivity index (χ0v) is 15.6. The number of carbonyl (C=O) groups excluding carboxylic acids is 1. The number of nitrogens with two attached hydrogens (primary N) is 1. The Bertz CT molecular complexity index is 772. The summed E-state index contributed by atoms with van der Waals surface area (Å²) in [6.07, 6.45) is 1.69. The Morgan fingerprint density at radius 3 is 2.79 bits per heavy atom. The number of methoxy groups -OCH3 is 1. The second kappa shape index (κ2) is 7.67. The normalized spacial score (nSPS) is 12.8. The molecule has 2 N–H and O–H groups in total. The first-order valence-electron chi connectivity index (χ1n) is 6.93. The van der Waals surface area contributed by atoms with Crippen molar-refractivity contribution in [3.63, 3.8) is 0 Å². The Morgan fingerprint density at radius 1 is 1.50 bits per heavy atom. The summed E-state index contributed by atoms with van der Waals surface area (Å²) in [6, 6.07) is 4.22. The molecule has 0 aliphatic rings. The highest BCUT2D eigenvalue weighted by Crippen LogP contribution is 2.22. The predicted molar refractivity (Wildman–Crippen MR) is 94.2 cm³/mol. The first-order valence-corrected chi connectivity index (χ1v) is 8.10. The largest absolute Gasteiger partial charge is 0.496 e. The molecule has 0 aliphatic heterocycles. The second-order valence-electron chi connectivity index (χ2n) is 4.95. The van der Waals surface area contributed by atoms with Gasteiger partial charge in [-0.2, -0.15) is 5.10 Å². The van der Waals surface area contributed by atoms with Crippen LogP contribution in [0.3, 0.4) is 0 Å². The summed E-state index contributed by atoms with van der Waals surface area (Å²) < 4.78 is 7.46. The maximum atomic E-state index is 12.1. The van der Waals surface area contributed by atoms with E-state index in [-0.39, 0.29) is 5.84 Å². The minimum atomic E-state index is -0.659. The van der Waals surface area contributed by atoms with E-state index in [9.17, 15) is 4.79 Å². The lowest BCUT2D eigenvalue weighted by molar-refractivity contribution is -0.147. The molecule has 0 aliphatic carbocycles. The number of hydrogen-bond acceptors (Lipinski definition) is 5. The number of hydrogen-bond donors (Lipinski definition) is 1. The van der Waals surface area contributed by atoms with Gasteiger partial charge in [0.1, 0.15) is 11.8 Å². The second-order valence-corrected chi connectivity index (χ2v) is 6.24. The number of aromatic nitrogens is 2. The number of amidine groups is 1. The standard InChI is InChI=1S/C15H16BrClN4O3/c1-8-12(16)7-21(19-8)9(2)15(22)24-20-14(18)11-6-10(17)4-5-13(11)23-3/h4-7,9H,1-3H3,(H2,18,20). The molecule has 0 saturated heterocycles. The summed E-state index contributed by atoms with van der Waals surface area (Å²) in [5, 5.41) is 8.34. The number of benzene rings is 1. The molecule has 0 bridgehead atoms. The van der Waals surface area contributed by atoms with Crippen LogP contribution in [0, 0.1) is 6.92 Å². The van der Waals surface area contributed by atoms with Crippen molar-refractivity contribution in [2.24, 2.45) is 10.9 Å². The maximum Gasteiger partial charge on any atom is 0.359 e. The van der Waals surface area contributed by atoms with Crippen molar-refractivity contribution < 1.29 is 14.4 Å². The van der Waals surface area contributed by atoms with Crippen molar-refractivity contribution in [2.45, 2.75) is 19.9 Å². The fourth-order valence-electron chi connectivity index (χ4n) is 1.87. The molecule has 1 aromatic carbocycles. The number of carbonyl (C=O) groups is 1. The first-order chi connectivity index (χ1) is 11.3. The zero-order chi connectivity index (χ0) is 17.9. The Balaban J connectivity index is 2.14. The van der Waals surface area contributed by atoms with E-state index in [2.05, 4.69) is 26.2 Å². The predicted octanol–water partition coefficient (Wildman–Crippen LogP) is 3.04. The third-order valence-electron chi connectivity index (χ3n) is 3.27. The molecule has 9 heteroatoms. The van der Waals surface area contributed by atoms with E-state index in [1.807, 2.05) is 6.92 Å². The van der Waals surface area contributed by atoms with Crippen molar-refractivity contribution >= 4 is 39.3 Å². The molecule has 0 saturated carbocycles. The van der Waals surface area contributed by atoms with Gasteiger partial charge in [0, 0.05) is 11.2 Å². The minimum absolute atomic E-state index is 0.0206. The summed E-state index contributed by atoms with van der Waals surface area (Å²) in [7, 11) is 1.49. The SMILES string of the molecule is COc1ccc(Cl)cc1/C(N)=N/OC(=O)C(C)n1cc(Br)c(C)n1. The van der Waals surface area contributed by atoms with Crippen LogP contribution in [0.25, 0.3) is 0 Å². The Labute approximate surface area is 152 Å². The molecule has 1 atom stereocenters. The average Bonchev–Trinajstić information content (AvgIpc) is 2.90. The van der Waals surface area contributed by atoms with Crippen LogP contribution in [0.15, 0.2) is 34.0 Å². The lowest BCUT2D eigenvalue weighted by Crippen LogP contribution is -2.21. The molecule has 2 aromatic rings. The van der Waals surface area contributed by atoms with Crippen molar-refractivity contribution in [1.82, 2.24) is 9.78 Å². The first kappa shape index (κ1) is 18.3. The molecule has 128 valence electrons. The summed E-state index contributed by atoms with van der Waals surface area (Å²) >= 11 is 9.28. The number of rotatable bonds is 5. The van der Waals surface area contributed by atoms with Gasteiger partial charge in [-0.15, -0.1) is 0 Å². The van der Waals surface area contributed by atoms with Crippen molar-refractivity contribution in [1.29, 1.82) is 0 Å². The van der Waals surface area contributed by atoms with Gasteiger partial charge >= 0.3 is 5.97 Å². The van der Waals surface area contributed by atoms with E-state index in [4.69, 9.17) is 26.9 Å². The van der Waals surface area contributed by atoms with Gasteiger partial charge in [0.05, 0.1) is 22.8 Å². The Morgan fingerprint density at radius 2 is 2.21 bits per heavy atom. The summed E-state index contributed by atoms with van der Waals surface area (Å²) in [5.41, 5.74) is 7.06. The van der Waals surface area contributed by atoms with Gasteiger partial charge in [-0.3, -0.25) is 4.68 Å². The molecule has 7 nitrogen and oxygen atoms in total. The van der Waals surface area contributed by atoms with Gasteiger partial charge in [0.2, 0.25) is 0 Å². The quantitative estimate of drug-likeness (QED) is 0.351. The molecule has 0 spiro atoms. The number of halogens is 2. The fourth-order valence-corrected chi connectivity index (χ4v) is 2.33. The molecule has 2 rings (SSSR count). The molecule has 1 heterocycles. The molecule has 0 amide bonds. The number of aryl methyl sites for hydroxylation is 1. The topological polar surface area (TPSA) is 91.7 Å². The van der Waals surface area contributed by atoms with Crippen LogP contribution in [0.2, 0.25) is 5.02 Å². The van der Waals surface area contributed by atoms with E-state index >= 15 is 0 Å². The van der Waals surface area contributed by atoms with Gasteiger partial charge < -0.3 is 15.3 Å². The molecular weight excluding hydrogens is 400 g/mol. The molecular formula is C15H16BrClN4O3. The average molecular weight is 416 g/mol. The number of ether oxygens (including phenoxy) is 1. The Hall–Kier alpha value is -2.06. The van der Waals surface area contributed by atoms with Crippen molar-refractivity contribution in [3.05, 3.63) is 45.1 Å². The molecule has 0 radical (unpaired) electrons. The van der Waals surface area contributed by atoms with Gasteiger partial charge in [-0.1, -0.05) is 16.8 Å². The van der Waals surface area contributed by atoms with Gasteiger partial charge in [0.25, 0.3) is 0 Å². The van der Waals surface area contributed by atoms with Gasteiger partial charge in [-0.05, 0) is 48.0 Å². The summed E-state index contributed by atoms with van der Waals surface area (Å²) in [5.74, 6) is -0.155. The van der Waals surface area contributed by atoms with E-state index < -0.39 is 12.0 Å². The van der Waals surface area contributed by atoms with Gasteiger partial charge in [0.15, 0.2) is 5.84 Å². The highest BCUT2D eigenvalue weighted by Gasteiger charge is 2.19. The van der Waals surface area contributed by atoms with E-state index in [1.54, 1.807) is 31.3 Å². The molecule has 1 aromatic heterocycles. The third kappa shape index (κ3) is 4.07.